The SMILES string of the molecule is [B]c1cc([B])c2nc(C)n(C3([B])CCC(=O)NC3=O)c(=O)c2c1N. The Morgan fingerprint density at radius 1 is 1.29 bits per heavy atom. The second-order valence-electron chi connectivity index (χ2n) is 5.79. The number of rotatable bonds is 1. The summed E-state index contributed by atoms with van der Waals surface area (Å²) in [5.74, 6) is -1.05. The predicted octanol–water partition coefficient (Wildman–Crippen LogP) is -2.87. The van der Waals surface area contributed by atoms with Crippen molar-refractivity contribution in [1.82, 2.24) is 14.9 Å². The number of amides is 2. The molecule has 24 heavy (non-hydrogen) atoms. The Balaban J connectivity index is 2.38. The number of nitrogens with one attached hydrogen (secondary N) is 1. The molecule has 6 radical (unpaired) electrons. The van der Waals surface area contributed by atoms with Crippen molar-refractivity contribution in [2.24, 2.45) is 0 Å². The Kier molecular flexibility index (Phi) is 3.58. The molecule has 2 heterocycles. The van der Waals surface area contributed by atoms with Crippen LogP contribution in [-0.2, 0) is 15.0 Å². The first-order valence-electron chi connectivity index (χ1n) is 7.17. The lowest BCUT2D eigenvalue weighted by Crippen LogP contribution is -2.58. The van der Waals surface area contributed by atoms with Gasteiger partial charge in [-0.15, -0.1) is 0 Å². The van der Waals surface area contributed by atoms with Gasteiger partial charge in [-0.25, -0.2) is 4.98 Å². The largest absolute Gasteiger partial charge is 0.398 e. The van der Waals surface area contributed by atoms with Crippen LogP contribution in [0.5, 0.6) is 0 Å². The van der Waals surface area contributed by atoms with Gasteiger partial charge in [-0.3, -0.25) is 24.3 Å². The molecule has 10 heteroatoms. The average molecular weight is 316 g/mol. The van der Waals surface area contributed by atoms with E-state index < -0.39 is 22.8 Å². The molecule has 1 fully saturated rings. The molecule has 1 aliphatic rings. The minimum Gasteiger partial charge on any atom is -0.398 e. The zero-order chi connectivity index (χ0) is 17.8. The standard InChI is InChI=1S/C14H11B3N4O3/c1-5-19-11-7(16)4-6(15)10(18)9(11)12(23)21(5)14(17)3-2-8(22)20-13(14)24/h4H,2-3,18H2,1H3,(H,20,22,24). The van der Waals surface area contributed by atoms with Gasteiger partial charge in [0.1, 0.15) is 29.4 Å². The quantitative estimate of drug-likeness (QED) is 0.334. The molecule has 3 rings (SSSR count). The van der Waals surface area contributed by atoms with Gasteiger partial charge < -0.3 is 5.73 Å². The molecule has 0 aliphatic carbocycles. The summed E-state index contributed by atoms with van der Waals surface area (Å²) in [5.41, 5.74) is 4.05. The van der Waals surface area contributed by atoms with E-state index in [9.17, 15) is 14.4 Å². The summed E-state index contributed by atoms with van der Waals surface area (Å²) in [6, 6.07) is 1.41. The lowest BCUT2D eigenvalue weighted by atomic mass is 9.70. The maximum Gasteiger partial charge on any atom is 0.263 e. The maximum atomic E-state index is 13.0. The molecule has 2 amide bonds. The molecule has 2 aromatic rings. The van der Waals surface area contributed by atoms with Gasteiger partial charge in [0, 0.05) is 12.1 Å². The minimum atomic E-state index is -1.75. The summed E-state index contributed by atoms with van der Waals surface area (Å²) in [6.45, 7) is 1.52. The number of benzene rings is 1. The monoisotopic (exact) mass is 316 g/mol. The van der Waals surface area contributed by atoms with E-state index in [4.69, 9.17) is 29.3 Å². The van der Waals surface area contributed by atoms with Crippen molar-refractivity contribution < 1.29 is 9.59 Å². The Morgan fingerprint density at radius 3 is 2.58 bits per heavy atom. The van der Waals surface area contributed by atoms with Gasteiger partial charge in [0.25, 0.3) is 5.56 Å². The van der Waals surface area contributed by atoms with Crippen molar-refractivity contribution in [3.63, 3.8) is 0 Å². The fraction of sp³-hybridized carbons (Fsp3) is 0.286. The van der Waals surface area contributed by atoms with Crippen LogP contribution in [0.2, 0.25) is 0 Å². The molecule has 0 bridgehead atoms. The molecule has 0 spiro atoms. The fourth-order valence-electron chi connectivity index (χ4n) is 2.94. The highest BCUT2D eigenvalue weighted by molar-refractivity contribution is 6.45. The van der Waals surface area contributed by atoms with E-state index in [0.29, 0.717) is 0 Å². The van der Waals surface area contributed by atoms with Crippen LogP contribution in [0.1, 0.15) is 18.7 Å². The van der Waals surface area contributed by atoms with E-state index in [0.717, 1.165) is 4.57 Å². The molecule has 1 aromatic heterocycles. The van der Waals surface area contributed by atoms with E-state index in [2.05, 4.69) is 10.3 Å². The lowest BCUT2D eigenvalue weighted by Gasteiger charge is -2.35. The van der Waals surface area contributed by atoms with Crippen molar-refractivity contribution in [3.05, 3.63) is 22.2 Å². The lowest BCUT2D eigenvalue weighted by molar-refractivity contribution is -0.137. The summed E-state index contributed by atoms with van der Waals surface area (Å²) in [4.78, 5) is 40.9. The molecule has 1 unspecified atom stereocenters. The molecule has 7 nitrogen and oxygen atoms in total. The van der Waals surface area contributed by atoms with Crippen molar-refractivity contribution in [1.29, 1.82) is 0 Å². The Labute approximate surface area is 141 Å². The summed E-state index contributed by atoms with van der Waals surface area (Å²) in [6.07, 6.45) is -0.0377. The second-order valence-corrected chi connectivity index (χ2v) is 5.79. The molecule has 0 saturated carbocycles. The third-order valence-corrected chi connectivity index (χ3v) is 4.19. The zero-order valence-electron chi connectivity index (χ0n) is 12.9. The number of fused-ring (bicyclic) bond motifs is 1. The van der Waals surface area contributed by atoms with E-state index in [1.165, 1.54) is 13.0 Å². The van der Waals surface area contributed by atoms with Crippen LogP contribution in [0, 0.1) is 6.92 Å². The number of aryl methyl sites for hydroxylation is 1. The highest BCUT2D eigenvalue weighted by atomic mass is 16.2. The van der Waals surface area contributed by atoms with Gasteiger partial charge in [0.15, 0.2) is 0 Å². The minimum absolute atomic E-state index is 0.000701. The Bertz CT molecular complexity index is 972. The number of nitrogen functional groups attached to an aromatic ring is 1. The average Bonchev–Trinajstić information content (AvgIpc) is 2.49. The smallest absolute Gasteiger partial charge is 0.263 e. The highest BCUT2D eigenvalue weighted by Gasteiger charge is 2.41. The number of hydrogen-bond donors (Lipinski definition) is 2. The van der Waals surface area contributed by atoms with Gasteiger partial charge in [0.2, 0.25) is 11.8 Å². The van der Waals surface area contributed by atoms with E-state index >= 15 is 0 Å². The third kappa shape index (κ3) is 2.17. The molecule has 114 valence electrons. The number of aromatic nitrogens is 2. The van der Waals surface area contributed by atoms with Crippen molar-refractivity contribution in [2.75, 3.05) is 5.73 Å². The molecule has 1 aliphatic heterocycles. The van der Waals surface area contributed by atoms with Crippen LogP contribution in [0.15, 0.2) is 10.9 Å². The third-order valence-electron chi connectivity index (χ3n) is 4.19. The molecule has 1 atom stereocenters. The number of carbonyl (C=O) groups is 2. The van der Waals surface area contributed by atoms with Crippen molar-refractivity contribution in [3.8, 4) is 0 Å². The zero-order valence-corrected chi connectivity index (χ0v) is 12.9. The number of nitrogens with zero attached hydrogens (tertiary/aromatic N) is 2. The van der Waals surface area contributed by atoms with Crippen LogP contribution < -0.4 is 27.5 Å². The van der Waals surface area contributed by atoms with E-state index in [-0.39, 0.29) is 46.2 Å². The van der Waals surface area contributed by atoms with Gasteiger partial charge in [-0.05, 0) is 13.3 Å². The van der Waals surface area contributed by atoms with Crippen LogP contribution in [0.25, 0.3) is 10.9 Å². The molecule has 3 N–H and O–H groups in total. The number of anilines is 1. The molecule has 1 saturated heterocycles. The normalized spacial score (nSPS) is 21.0. The number of piperidine rings is 1. The predicted molar refractivity (Wildman–Crippen MR) is 92.0 cm³/mol. The molecule has 1 aromatic carbocycles. The first-order valence-corrected chi connectivity index (χ1v) is 7.17. The van der Waals surface area contributed by atoms with Gasteiger partial charge in [-0.2, -0.15) is 0 Å². The van der Waals surface area contributed by atoms with Gasteiger partial charge in [0.05, 0.1) is 16.3 Å². The van der Waals surface area contributed by atoms with Crippen LogP contribution in [0.3, 0.4) is 0 Å². The first kappa shape index (κ1) is 16.4. The Hall–Kier alpha value is -2.51. The Morgan fingerprint density at radius 2 is 1.96 bits per heavy atom. The number of carbonyl (C=O) groups excluding carboxylic acids is 2. The van der Waals surface area contributed by atoms with E-state index in [1.807, 2.05) is 0 Å². The summed E-state index contributed by atoms with van der Waals surface area (Å²) < 4.78 is 1.03. The number of hydrogen-bond acceptors (Lipinski definition) is 5. The van der Waals surface area contributed by atoms with Crippen LogP contribution in [-0.4, -0.2) is 44.9 Å². The van der Waals surface area contributed by atoms with Crippen LogP contribution in [0.4, 0.5) is 5.69 Å². The first-order chi connectivity index (χ1) is 11.2. The summed E-state index contributed by atoms with van der Waals surface area (Å²) in [7, 11) is 17.8. The van der Waals surface area contributed by atoms with Crippen molar-refractivity contribution in [2.45, 2.75) is 25.2 Å². The number of nitrogens with two attached hydrogens (primary N) is 1. The van der Waals surface area contributed by atoms with E-state index in [1.54, 1.807) is 0 Å². The second kappa shape index (κ2) is 5.26. The summed E-state index contributed by atoms with van der Waals surface area (Å²) in [5, 5.41) is 2.13. The van der Waals surface area contributed by atoms with Gasteiger partial charge in [-0.1, -0.05) is 17.0 Å². The maximum absolute atomic E-state index is 13.0. The summed E-state index contributed by atoms with van der Waals surface area (Å²) >= 11 is 0. The number of imide groups is 1. The van der Waals surface area contributed by atoms with Gasteiger partial charge >= 0.3 is 0 Å². The molecular weight excluding hydrogens is 305 g/mol. The van der Waals surface area contributed by atoms with Crippen LogP contribution >= 0.6 is 0 Å². The fourth-order valence-corrected chi connectivity index (χ4v) is 2.94. The topological polar surface area (TPSA) is 107 Å². The van der Waals surface area contributed by atoms with Crippen molar-refractivity contribution >= 4 is 62.9 Å². The molecular formula is C14H11B3N4O3. The highest BCUT2D eigenvalue weighted by Crippen LogP contribution is 2.24.